The van der Waals surface area contributed by atoms with E-state index in [0.29, 0.717) is 24.3 Å². The number of hydrogen-bond acceptors (Lipinski definition) is 5. The van der Waals surface area contributed by atoms with Crippen molar-refractivity contribution >= 4 is 32.8 Å². The van der Waals surface area contributed by atoms with Gasteiger partial charge in [-0.15, -0.1) is 0 Å². The number of benzene rings is 1. The van der Waals surface area contributed by atoms with E-state index in [-0.39, 0.29) is 17.4 Å². The van der Waals surface area contributed by atoms with Crippen LogP contribution in [0.3, 0.4) is 0 Å². The largest absolute Gasteiger partial charge is 0.391 e. The van der Waals surface area contributed by atoms with Crippen molar-refractivity contribution in [3.05, 3.63) is 18.2 Å². The molecule has 0 radical (unpaired) electrons. The Hall–Kier alpha value is -1.09. The van der Waals surface area contributed by atoms with Gasteiger partial charge in [0, 0.05) is 13.1 Å². The number of aliphatic hydroxyl groups excluding tert-OH is 1. The highest BCUT2D eigenvalue weighted by molar-refractivity contribution is 7.89. The molecule has 2 aliphatic heterocycles. The molecule has 0 amide bonds. The maximum atomic E-state index is 12.7. The molecule has 0 bridgehead atoms. The highest BCUT2D eigenvalue weighted by Crippen LogP contribution is 2.39. The van der Waals surface area contributed by atoms with Gasteiger partial charge in [0.05, 0.1) is 17.5 Å². The molecule has 2 unspecified atom stereocenters. The normalized spacial score (nSPS) is 26.3. The van der Waals surface area contributed by atoms with Crippen molar-refractivity contribution in [2.45, 2.75) is 24.3 Å². The molecule has 20 heavy (non-hydrogen) atoms. The quantitative estimate of drug-likeness (QED) is 0.918. The second kappa shape index (κ2) is 5.03. The predicted octanol–water partition coefficient (Wildman–Crippen LogP) is 1.80. The number of aliphatic hydroxyl groups is 1. The zero-order valence-electron chi connectivity index (χ0n) is 10.9. The molecule has 1 fully saturated rings. The van der Waals surface area contributed by atoms with E-state index in [1.54, 1.807) is 18.2 Å². The van der Waals surface area contributed by atoms with Crippen LogP contribution in [0.15, 0.2) is 31.8 Å². The van der Waals surface area contributed by atoms with Crippen LogP contribution >= 0.6 is 0 Å². The van der Waals surface area contributed by atoms with Crippen molar-refractivity contribution in [3.63, 3.8) is 0 Å². The van der Waals surface area contributed by atoms with E-state index in [2.05, 4.69) is 8.73 Å². The molecule has 108 valence electrons. The van der Waals surface area contributed by atoms with Crippen LogP contribution in [-0.2, 0) is 21.4 Å². The van der Waals surface area contributed by atoms with Gasteiger partial charge in [0.2, 0.25) is 10.0 Å². The molecule has 0 aliphatic carbocycles. The van der Waals surface area contributed by atoms with Crippen molar-refractivity contribution in [3.8, 4) is 0 Å². The lowest BCUT2D eigenvalue weighted by Crippen LogP contribution is -2.45. The van der Waals surface area contributed by atoms with E-state index in [4.69, 9.17) is 0 Å². The third kappa shape index (κ3) is 2.22. The smallest absolute Gasteiger partial charge is 0.245 e. The van der Waals surface area contributed by atoms with Gasteiger partial charge >= 0.3 is 0 Å². The van der Waals surface area contributed by atoms with Gasteiger partial charge in [0.15, 0.2) is 0 Å². The first kappa shape index (κ1) is 13.9. The third-order valence-electron chi connectivity index (χ3n) is 3.75. The molecule has 1 saturated heterocycles. The second-order valence-corrected chi connectivity index (χ2v) is 7.52. The average molecular weight is 313 g/mol. The van der Waals surface area contributed by atoms with Crippen LogP contribution in [0.5, 0.6) is 0 Å². The number of piperidine rings is 1. The Kier molecular flexibility index (Phi) is 3.49. The molecule has 1 N–H and O–H groups in total. The molecule has 3 rings (SSSR count). The first-order chi connectivity index (χ1) is 9.50. The van der Waals surface area contributed by atoms with Crippen molar-refractivity contribution in [1.82, 2.24) is 4.31 Å². The average Bonchev–Trinajstić information content (AvgIpc) is 2.89. The fourth-order valence-electron chi connectivity index (χ4n) is 2.37. The molecule has 2 heterocycles. The Morgan fingerprint density at radius 2 is 2.20 bits per heavy atom. The first-order valence-electron chi connectivity index (χ1n) is 6.39. The van der Waals surface area contributed by atoms with E-state index < -0.39 is 16.1 Å². The summed E-state index contributed by atoms with van der Waals surface area (Å²) in [6.07, 6.45) is 0.0392. The van der Waals surface area contributed by atoms with E-state index in [1.807, 2.05) is 6.92 Å². The molecule has 6 nitrogen and oxygen atoms in total. The number of nitrogens with zero attached hydrogens (tertiary/aromatic N) is 3. The number of fused-ring (bicyclic) bond motifs is 1. The van der Waals surface area contributed by atoms with Crippen LogP contribution in [0.25, 0.3) is 0 Å². The van der Waals surface area contributed by atoms with E-state index in [0.717, 1.165) is 11.4 Å². The highest BCUT2D eigenvalue weighted by atomic mass is 32.2. The van der Waals surface area contributed by atoms with Gasteiger partial charge in [-0.3, -0.25) is 0 Å². The lowest BCUT2D eigenvalue weighted by atomic mass is 9.98. The van der Waals surface area contributed by atoms with Crippen LogP contribution in [0.2, 0.25) is 0 Å². The third-order valence-corrected chi connectivity index (χ3v) is 6.19. The molecule has 0 spiro atoms. The number of rotatable bonds is 2. The topological polar surface area (TPSA) is 82.3 Å². The molecule has 1 aromatic carbocycles. The monoisotopic (exact) mass is 313 g/mol. The van der Waals surface area contributed by atoms with Gasteiger partial charge in [0.25, 0.3) is 0 Å². The Labute approximate surface area is 121 Å². The molecule has 0 aromatic heterocycles. The zero-order chi connectivity index (χ0) is 14.3. The van der Waals surface area contributed by atoms with Crippen molar-refractivity contribution in [2.24, 2.45) is 14.6 Å². The van der Waals surface area contributed by atoms with Gasteiger partial charge < -0.3 is 5.11 Å². The Bertz CT molecular complexity index is 711. The summed E-state index contributed by atoms with van der Waals surface area (Å²) in [5.41, 5.74) is 0.993. The summed E-state index contributed by atoms with van der Waals surface area (Å²) in [4.78, 5) is 0.172. The van der Waals surface area contributed by atoms with Crippen LogP contribution in [0.4, 0.5) is 11.4 Å². The summed E-state index contributed by atoms with van der Waals surface area (Å²) in [7, 11) is -3.64. The lowest BCUT2D eigenvalue weighted by Gasteiger charge is -2.33. The molecule has 2 aliphatic rings. The number of sulfonamides is 1. The summed E-state index contributed by atoms with van der Waals surface area (Å²) < 4.78 is 34.9. The molecule has 8 heteroatoms. The summed E-state index contributed by atoms with van der Waals surface area (Å²) in [6, 6.07) is 4.95. The summed E-state index contributed by atoms with van der Waals surface area (Å²) in [5, 5.41) is 9.90. The molecular formula is C12H15N3O3S2. The first-order valence-corrected chi connectivity index (χ1v) is 8.56. The van der Waals surface area contributed by atoms with Crippen molar-refractivity contribution in [2.75, 3.05) is 13.1 Å². The Morgan fingerprint density at radius 3 is 2.95 bits per heavy atom. The van der Waals surface area contributed by atoms with Crippen LogP contribution in [-0.4, -0.2) is 37.0 Å². The van der Waals surface area contributed by atoms with Crippen LogP contribution in [0, 0.1) is 5.92 Å². The number of hydrogen-bond donors (Lipinski definition) is 1. The van der Waals surface area contributed by atoms with Crippen molar-refractivity contribution < 1.29 is 13.5 Å². The van der Waals surface area contributed by atoms with Gasteiger partial charge in [-0.05, 0) is 24.5 Å². The lowest BCUT2D eigenvalue weighted by molar-refractivity contribution is 0.0605. The van der Waals surface area contributed by atoms with E-state index in [1.165, 1.54) is 4.31 Å². The minimum Gasteiger partial charge on any atom is -0.391 e. The SMILES string of the molecule is CC1CCN(S(=O)(=O)c2cccc3c2N=S=N3)CC1O. The predicted molar refractivity (Wildman–Crippen MR) is 76.5 cm³/mol. The summed E-state index contributed by atoms with van der Waals surface area (Å²) in [6.45, 7) is 2.49. The van der Waals surface area contributed by atoms with E-state index in [9.17, 15) is 13.5 Å². The Morgan fingerprint density at radius 1 is 1.40 bits per heavy atom. The summed E-state index contributed by atoms with van der Waals surface area (Å²) >= 11 is 0.998. The molecular weight excluding hydrogens is 298 g/mol. The maximum Gasteiger partial charge on any atom is 0.245 e. The van der Waals surface area contributed by atoms with Gasteiger partial charge in [-0.25, -0.2) is 8.42 Å². The van der Waals surface area contributed by atoms with E-state index >= 15 is 0 Å². The fraction of sp³-hybridized carbons (Fsp3) is 0.500. The van der Waals surface area contributed by atoms with Crippen LogP contribution in [0.1, 0.15) is 13.3 Å². The molecule has 1 aromatic rings. The fourth-order valence-corrected chi connectivity index (χ4v) is 4.59. The van der Waals surface area contributed by atoms with Gasteiger partial charge in [-0.2, -0.15) is 13.0 Å². The second-order valence-electron chi connectivity index (χ2n) is 5.08. The standard InChI is InChI=1S/C12H15N3O3S2/c1-8-5-6-15(7-10(8)16)20(17,18)11-4-2-3-9-12(11)14-19-13-9/h2-4,8,10,16H,5-7H2,1H3. The number of β-amino-alcohol motifs (C(OH)–C–C–N with tert-alkyl or cyclic N) is 1. The zero-order valence-corrected chi connectivity index (χ0v) is 12.6. The summed E-state index contributed by atoms with van der Waals surface area (Å²) in [5.74, 6) is 0.123. The minimum absolute atomic E-state index is 0.123. The van der Waals surface area contributed by atoms with Gasteiger partial charge in [-0.1, -0.05) is 13.0 Å². The molecule has 0 saturated carbocycles. The van der Waals surface area contributed by atoms with Crippen molar-refractivity contribution in [1.29, 1.82) is 0 Å². The Balaban J connectivity index is 1.98. The molecule has 2 atom stereocenters. The highest BCUT2D eigenvalue weighted by Gasteiger charge is 2.34. The van der Waals surface area contributed by atoms with Crippen LogP contribution < -0.4 is 0 Å². The minimum atomic E-state index is -3.64. The van der Waals surface area contributed by atoms with Gasteiger partial charge in [0.1, 0.15) is 16.3 Å². The maximum absolute atomic E-state index is 12.7.